The molecule has 0 saturated carbocycles. The van der Waals surface area contributed by atoms with Gasteiger partial charge in [-0.05, 0) is 59.2 Å². The summed E-state index contributed by atoms with van der Waals surface area (Å²) in [5.74, 6) is 0. The van der Waals surface area contributed by atoms with E-state index in [1.807, 2.05) is 0 Å². The van der Waals surface area contributed by atoms with Crippen molar-refractivity contribution >= 4 is 34.8 Å². The third-order valence-corrected chi connectivity index (χ3v) is 10.6. The molecule has 5 aromatic carbocycles. The van der Waals surface area contributed by atoms with Crippen LogP contribution in [0.25, 0.3) is 11.6 Å². The zero-order valence-corrected chi connectivity index (χ0v) is 22.0. The summed E-state index contributed by atoms with van der Waals surface area (Å²) in [5, 5.41) is 4.21. The van der Waals surface area contributed by atoms with Gasteiger partial charge in [-0.3, -0.25) is 0 Å². The Labute approximate surface area is 220 Å². The van der Waals surface area contributed by atoms with Crippen molar-refractivity contribution in [3.8, 4) is 0 Å². The summed E-state index contributed by atoms with van der Waals surface area (Å²) in [5.41, 5.74) is 3.86. The van der Waals surface area contributed by atoms with Crippen molar-refractivity contribution in [3.63, 3.8) is 0 Å². The molecule has 0 bridgehead atoms. The normalized spacial score (nSPS) is 11.5. The molecule has 0 aliphatic heterocycles. The van der Waals surface area contributed by atoms with Gasteiger partial charge in [0, 0.05) is 0 Å². The van der Waals surface area contributed by atoms with Gasteiger partial charge < -0.3 is 17.0 Å². The predicted octanol–water partition coefficient (Wildman–Crippen LogP) is 4.23. The second-order valence-corrected chi connectivity index (χ2v) is 11.9. The van der Waals surface area contributed by atoms with E-state index in [1.165, 1.54) is 32.6 Å². The molecule has 2 heteroatoms. The maximum atomic E-state index is 2.37. The summed E-state index contributed by atoms with van der Waals surface area (Å²) in [6.07, 6.45) is 3.32. The van der Waals surface area contributed by atoms with Gasteiger partial charge in [0.05, 0.1) is 6.16 Å². The first-order valence-corrected chi connectivity index (χ1v) is 13.7. The van der Waals surface area contributed by atoms with E-state index in [-0.39, 0.29) is 17.0 Å². The van der Waals surface area contributed by atoms with Gasteiger partial charge in [-0.1, -0.05) is 115 Å². The molecule has 0 atom stereocenters. The van der Waals surface area contributed by atoms with Crippen molar-refractivity contribution in [2.24, 2.45) is 0 Å². The van der Waals surface area contributed by atoms with Crippen LogP contribution in [-0.2, 0) is 0 Å². The summed E-state index contributed by atoms with van der Waals surface area (Å²) in [6.45, 7) is 0. The maximum absolute atomic E-state index is 2.37. The van der Waals surface area contributed by atoms with Crippen molar-refractivity contribution in [1.82, 2.24) is 0 Å². The Morgan fingerprint density at radius 1 is 0.457 bits per heavy atom. The van der Waals surface area contributed by atoms with Crippen molar-refractivity contribution in [1.29, 1.82) is 0 Å². The second-order valence-electron chi connectivity index (χ2n) is 8.42. The fourth-order valence-corrected chi connectivity index (χ4v) is 8.92. The van der Waals surface area contributed by atoms with Crippen molar-refractivity contribution in [2.75, 3.05) is 6.16 Å². The number of halogens is 1. The van der Waals surface area contributed by atoms with Gasteiger partial charge >= 0.3 is 0 Å². The highest BCUT2D eigenvalue weighted by molar-refractivity contribution is 7.96. The molecule has 35 heavy (non-hydrogen) atoms. The van der Waals surface area contributed by atoms with Gasteiger partial charge in [-0.2, -0.15) is 0 Å². The van der Waals surface area contributed by atoms with Gasteiger partial charge in [-0.15, -0.1) is 0 Å². The molecule has 0 aliphatic carbocycles. The molecule has 0 amide bonds. The third kappa shape index (κ3) is 5.54. The van der Waals surface area contributed by atoms with Crippen LogP contribution in [0.2, 0.25) is 0 Å². The first-order valence-electron chi connectivity index (χ1n) is 11.7. The molecule has 0 nitrogen and oxygen atoms in total. The summed E-state index contributed by atoms with van der Waals surface area (Å²) in [7, 11) is -1.98. The Morgan fingerprint density at radius 2 is 0.800 bits per heavy atom. The number of allylic oxidation sites excluding steroid dienone is 1. The van der Waals surface area contributed by atoms with Crippen LogP contribution >= 0.6 is 7.26 Å². The van der Waals surface area contributed by atoms with Crippen molar-refractivity contribution < 1.29 is 17.0 Å². The molecule has 0 aliphatic rings. The van der Waals surface area contributed by atoms with E-state index in [2.05, 4.69) is 158 Å². The molecule has 0 N–H and O–H groups in total. The van der Waals surface area contributed by atoms with Crippen LogP contribution in [0, 0.1) is 0 Å². The lowest BCUT2D eigenvalue weighted by atomic mass is 10.0. The molecule has 0 unspecified atom stereocenters. The van der Waals surface area contributed by atoms with E-state index < -0.39 is 7.26 Å². The van der Waals surface area contributed by atoms with Gasteiger partial charge in [-0.25, -0.2) is 0 Å². The van der Waals surface area contributed by atoms with Crippen molar-refractivity contribution in [3.05, 3.63) is 163 Å². The Kier molecular flexibility index (Phi) is 8.48. The first kappa shape index (κ1) is 24.9. The summed E-state index contributed by atoms with van der Waals surface area (Å²) in [6, 6.07) is 54.9. The Bertz CT molecular complexity index is 1240. The van der Waals surface area contributed by atoms with Crippen LogP contribution in [0.1, 0.15) is 11.1 Å². The minimum Gasteiger partial charge on any atom is -1.00 e. The summed E-state index contributed by atoms with van der Waals surface area (Å²) < 4.78 is 0. The number of hydrogen-bond acceptors (Lipinski definition) is 0. The summed E-state index contributed by atoms with van der Waals surface area (Å²) in [4.78, 5) is 0. The van der Waals surface area contributed by atoms with Crippen LogP contribution in [0.3, 0.4) is 0 Å². The molecule has 5 rings (SSSR count). The molecular formula is C33H28BrP. The highest BCUT2D eigenvalue weighted by Crippen LogP contribution is 2.57. The minimum absolute atomic E-state index is 0. The average molecular weight is 535 g/mol. The molecular weight excluding hydrogens is 507 g/mol. The van der Waals surface area contributed by atoms with E-state index in [1.54, 1.807) is 0 Å². The molecule has 5 aromatic rings. The van der Waals surface area contributed by atoms with Gasteiger partial charge in [0.25, 0.3) is 0 Å². The third-order valence-electron chi connectivity index (χ3n) is 6.28. The average Bonchev–Trinajstić information content (AvgIpc) is 2.93. The molecule has 172 valence electrons. The number of benzene rings is 5. The molecule has 0 aromatic heterocycles. The van der Waals surface area contributed by atoms with Crippen LogP contribution in [0.4, 0.5) is 0 Å². The maximum Gasteiger partial charge on any atom is 0.116 e. The molecule has 0 spiro atoms. The lowest BCUT2D eigenvalue weighted by Crippen LogP contribution is -3.00. The topological polar surface area (TPSA) is 0 Å². The van der Waals surface area contributed by atoms with E-state index in [0.717, 1.165) is 6.16 Å². The summed E-state index contributed by atoms with van der Waals surface area (Å²) >= 11 is 0. The number of rotatable bonds is 7. The SMILES string of the molecule is C(=C(C[P+](c1ccccc1)(c1ccccc1)c1ccccc1)c1ccccc1)c1ccccc1.[Br-]. The van der Waals surface area contributed by atoms with E-state index in [0.29, 0.717) is 0 Å². The highest BCUT2D eigenvalue weighted by atomic mass is 79.9. The lowest BCUT2D eigenvalue weighted by Gasteiger charge is -2.29. The zero-order chi connectivity index (χ0) is 23.1. The Hall–Kier alpha value is -3.25. The molecule has 0 heterocycles. The van der Waals surface area contributed by atoms with Crippen LogP contribution in [0.15, 0.2) is 152 Å². The largest absolute Gasteiger partial charge is 1.00 e. The van der Waals surface area contributed by atoms with Gasteiger partial charge in [0.15, 0.2) is 0 Å². The van der Waals surface area contributed by atoms with Crippen molar-refractivity contribution in [2.45, 2.75) is 0 Å². The Morgan fingerprint density at radius 3 is 1.20 bits per heavy atom. The fourth-order valence-electron chi connectivity index (χ4n) is 4.65. The monoisotopic (exact) mass is 534 g/mol. The van der Waals surface area contributed by atoms with E-state index >= 15 is 0 Å². The molecule has 0 radical (unpaired) electrons. The second kappa shape index (κ2) is 11.9. The van der Waals surface area contributed by atoms with Crippen LogP contribution < -0.4 is 32.9 Å². The van der Waals surface area contributed by atoms with Gasteiger partial charge in [0.1, 0.15) is 23.2 Å². The van der Waals surface area contributed by atoms with Crippen LogP contribution in [-0.4, -0.2) is 6.16 Å². The smallest absolute Gasteiger partial charge is 0.116 e. The predicted molar refractivity (Wildman–Crippen MR) is 151 cm³/mol. The Balaban J connectivity index is 0.00000289. The number of hydrogen-bond donors (Lipinski definition) is 0. The zero-order valence-electron chi connectivity index (χ0n) is 19.5. The van der Waals surface area contributed by atoms with Crippen LogP contribution in [0.5, 0.6) is 0 Å². The fraction of sp³-hybridized carbons (Fsp3) is 0.0303. The van der Waals surface area contributed by atoms with E-state index in [9.17, 15) is 0 Å². The standard InChI is InChI=1S/C33H28P.BrH/c1-6-16-28(17-7-1)26-30(29-18-8-2-9-19-29)27-34(31-20-10-3-11-21-31,32-22-12-4-13-23-32)33-24-14-5-15-25-33;/h1-26H,27H2;1H/q+1;/p-1. The lowest BCUT2D eigenvalue weighted by molar-refractivity contribution is -0.00000646. The molecule has 0 fully saturated rings. The minimum atomic E-state index is -1.98. The van der Waals surface area contributed by atoms with E-state index in [4.69, 9.17) is 0 Å². The highest BCUT2D eigenvalue weighted by Gasteiger charge is 2.46. The quantitative estimate of drug-likeness (QED) is 0.216. The van der Waals surface area contributed by atoms with Gasteiger partial charge in [0.2, 0.25) is 0 Å². The first-order chi connectivity index (χ1) is 16.9. The molecule has 0 saturated heterocycles.